The van der Waals surface area contributed by atoms with Crippen LogP contribution in [0.5, 0.6) is 0 Å². The molecular formula is C12H20N6. The van der Waals surface area contributed by atoms with E-state index in [0.717, 1.165) is 23.8 Å². The molecule has 0 aliphatic heterocycles. The second-order valence-electron chi connectivity index (χ2n) is 4.69. The van der Waals surface area contributed by atoms with Crippen molar-refractivity contribution in [1.82, 2.24) is 19.3 Å². The molecule has 0 aliphatic rings. The van der Waals surface area contributed by atoms with Crippen LogP contribution < -0.4 is 10.6 Å². The van der Waals surface area contributed by atoms with Crippen LogP contribution in [0.4, 0.5) is 11.6 Å². The van der Waals surface area contributed by atoms with E-state index >= 15 is 0 Å². The molecule has 1 unspecified atom stereocenters. The van der Waals surface area contributed by atoms with Crippen molar-refractivity contribution in [2.45, 2.75) is 13.0 Å². The summed E-state index contributed by atoms with van der Waals surface area (Å²) < 4.78 is 1.96. The molecule has 0 spiro atoms. The average Bonchev–Trinajstić information content (AvgIpc) is 2.75. The van der Waals surface area contributed by atoms with Crippen molar-refractivity contribution < 1.29 is 0 Å². The molecule has 2 aromatic heterocycles. The highest BCUT2D eigenvalue weighted by Gasteiger charge is 2.10. The van der Waals surface area contributed by atoms with E-state index in [1.165, 1.54) is 0 Å². The summed E-state index contributed by atoms with van der Waals surface area (Å²) in [4.78, 5) is 11.0. The van der Waals surface area contributed by atoms with Crippen molar-refractivity contribution >= 4 is 17.3 Å². The largest absolute Gasteiger partial charge is 0.372 e. The number of fused-ring (bicyclic) bond motifs is 1. The third-order valence-corrected chi connectivity index (χ3v) is 2.65. The van der Waals surface area contributed by atoms with Crippen LogP contribution in [0.15, 0.2) is 18.6 Å². The van der Waals surface area contributed by atoms with Gasteiger partial charge in [-0.1, -0.05) is 0 Å². The number of nitrogens with one attached hydrogen (secondary N) is 2. The summed E-state index contributed by atoms with van der Waals surface area (Å²) >= 11 is 0. The molecule has 1 atom stereocenters. The fourth-order valence-electron chi connectivity index (χ4n) is 1.98. The number of aromatic nitrogens is 3. The van der Waals surface area contributed by atoms with E-state index in [1.807, 2.05) is 23.8 Å². The van der Waals surface area contributed by atoms with Crippen molar-refractivity contribution in [3.8, 4) is 0 Å². The third-order valence-electron chi connectivity index (χ3n) is 2.65. The predicted molar refractivity (Wildman–Crippen MR) is 74.2 cm³/mol. The van der Waals surface area contributed by atoms with E-state index in [0.29, 0.717) is 6.04 Å². The van der Waals surface area contributed by atoms with Crippen molar-refractivity contribution in [2.24, 2.45) is 0 Å². The highest BCUT2D eigenvalue weighted by Crippen LogP contribution is 2.16. The Morgan fingerprint density at radius 2 is 2.22 bits per heavy atom. The minimum atomic E-state index is 0.306. The topological polar surface area (TPSA) is 57.5 Å². The summed E-state index contributed by atoms with van der Waals surface area (Å²) in [7, 11) is 5.97. The molecule has 18 heavy (non-hydrogen) atoms. The summed E-state index contributed by atoms with van der Waals surface area (Å²) in [5, 5.41) is 6.45. The molecule has 0 fully saturated rings. The Morgan fingerprint density at radius 1 is 1.44 bits per heavy atom. The Morgan fingerprint density at radius 3 is 2.89 bits per heavy atom. The van der Waals surface area contributed by atoms with Gasteiger partial charge in [0, 0.05) is 32.0 Å². The van der Waals surface area contributed by atoms with E-state index in [2.05, 4.69) is 46.5 Å². The number of rotatable bonds is 5. The number of imidazole rings is 1. The molecule has 0 aliphatic carbocycles. The zero-order valence-electron chi connectivity index (χ0n) is 11.3. The average molecular weight is 248 g/mol. The molecule has 6 heteroatoms. The smallest absolute Gasteiger partial charge is 0.180 e. The third kappa shape index (κ3) is 2.70. The van der Waals surface area contributed by atoms with E-state index < -0.39 is 0 Å². The van der Waals surface area contributed by atoms with Gasteiger partial charge in [-0.2, -0.15) is 0 Å². The van der Waals surface area contributed by atoms with Crippen LogP contribution in [-0.2, 0) is 0 Å². The highest BCUT2D eigenvalue weighted by atomic mass is 15.2. The summed E-state index contributed by atoms with van der Waals surface area (Å²) in [5.41, 5.74) is 0.847. The number of hydrogen-bond donors (Lipinski definition) is 2. The lowest BCUT2D eigenvalue weighted by Gasteiger charge is -2.19. The van der Waals surface area contributed by atoms with Crippen molar-refractivity contribution in [1.29, 1.82) is 0 Å². The SMILES string of the molecule is CNc1cn2ccnc2c(NC(C)CN(C)C)n1. The first-order chi connectivity index (χ1) is 8.60. The van der Waals surface area contributed by atoms with Gasteiger partial charge in [0.25, 0.3) is 0 Å². The lowest BCUT2D eigenvalue weighted by atomic mass is 10.3. The summed E-state index contributed by atoms with van der Waals surface area (Å²) in [6.45, 7) is 3.07. The summed E-state index contributed by atoms with van der Waals surface area (Å²) in [6.07, 6.45) is 5.61. The van der Waals surface area contributed by atoms with Crippen LogP contribution in [-0.4, -0.2) is 53.0 Å². The maximum absolute atomic E-state index is 4.51. The van der Waals surface area contributed by atoms with Crippen molar-refractivity contribution in [3.05, 3.63) is 18.6 Å². The van der Waals surface area contributed by atoms with E-state index in [-0.39, 0.29) is 0 Å². The maximum atomic E-state index is 4.51. The molecule has 2 rings (SSSR count). The predicted octanol–water partition coefficient (Wildman–Crippen LogP) is 1.13. The van der Waals surface area contributed by atoms with Crippen LogP contribution in [0, 0.1) is 0 Å². The van der Waals surface area contributed by atoms with Crippen LogP contribution in [0.2, 0.25) is 0 Å². The molecule has 0 bridgehead atoms. The Bertz CT molecular complexity index is 518. The molecule has 0 amide bonds. The Kier molecular flexibility index (Phi) is 3.66. The first-order valence-corrected chi connectivity index (χ1v) is 6.03. The van der Waals surface area contributed by atoms with Gasteiger partial charge in [-0.3, -0.25) is 0 Å². The minimum absolute atomic E-state index is 0.306. The lowest BCUT2D eigenvalue weighted by molar-refractivity contribution is 0.392. The van der Waals surface area contributed by atoms with E-state index in [1.54, 1.807) is 6.20 Å². The molecule has 0 radical (unpaired) electrons. The molecule has 6 nitrogen and oxygen atoms in total. The van der Waals surface area contributed by atoms with Gasteiger partial charge in [0.1, 0.15) is 5.82 Å². The Hall–Kier alpha value is -1.82. The second-order valence-corrected chi connectivity index (χ2v) is 4.69. The first-order valence-electron chi connectivity index (χ1n) is 6.03. The fourth-order valence-corrected chi connectivity index (χ4v) is 1.98. The normalized spacial score (nSPS) is 12.9. The van der Waals surface area contributed by atoms with Crippen molar-refractivity contribution in [2.75, 3.05) is 38.3 Å². The minimum Gasteiger partial charge on any atom is -0.372 e. The number of nitrogens with zero attached hydrogens (tertiary/aromatic N) is 4. The van der Waals surface area contributed by atoms with Crippen LogP contribution >= 0.6 is 0 Å². The quantitative estimate of drug-likeness (QED) is 0.831. The maximum Gasteiger partial charge on any atom is 0.180 e. The molecule has 0 aromatic carbocycles. The van der Waals surface area contributed by atoms with Gasteiger partial charge in [-0.25, -0.2) is 9.97 Å². The van der Waals surface area contributed by atoms with Gasteiger partial charge in [0.05, 0.1) is 6.20 Å². The molecule has 98 valence electrons. The number of hydrogen-bond acceptors (Lipinski definition) is 5. The van der Waals surface area contributed by atoms with E-state index in [4.69, 9.17) is 0 Å². The van der Waals surface area contributed by atoms with Gasteiger partial charge in [0.15, 0.2) is 11.5 Å². The van der Waals surface area contributed by atoms with Gasteiger partial charge in [-0.05, 0) is 21.0 Å². The number of likely N-dealkylation sites (N-methyl/N-ethyl adjacent to an activating group) is 1. The van der Waals surface area contributed by atoms with Crippen LogP contribution in [0.3, 0.4) is 0 Å². The van der Waals surface area contributed by atoms with Crippen LogP contribution in [0.1, 0.15) is 6.92 Å². The standard InChI is InChI=1S/C12H20N6/c1-9(7-17(3)4)15-11-12-14-5-6-18(12)8-10(13-2)16-11/h5-6,8-9,13H,7H2,1-4H3,(H,15,16). The van der Waals surface area contributed by atoms with E-state index in [9.17, 15) is 0 Å². The molecule has 2 heterocycles. The zero-order chi connectivity index (χ0) is 13.1. The summed E-state index contributed by atoms with van der Waals surface area (Å²) in [6, 6.07) is 0.306. The monoisotopic (exact) mass is 248 g/mol. The van der Waals surface area contributed by atoms with Gasteiger partial charge < -0.3 is 19.9 Å². The molecule has 0 saturated heterocycles. The van der Waals surface area contributed by atoms with Gasteiger partial charge in [-0.15, -0.1) is 0 Å². The summed E-state index contributed by atoms with van der Waals surface area (Å²) in [5.74, 6) is 1.63. The zero-order valence-corrected chi connectivity index (χ0v) is 11.3. The van der Waals surface area contributed by atoms with Crippen molar-refractivity contribution in [3.63, 3.8) is 0 Å². The van der Waals surface area contributed by atoms with Gasteiger partial charge in [0.2, 0.25) is 0 Å². The molecule has 0 saturated carbocycles. The molecule has 2 aromatic rings. The van der Waals surface area contributed by atoms with Gasteiger partial charge >= 0.3 is 0 Å². The molecule has 2 N–H and O–H groups in total. The Labute approximate surface area is 107 Å². The number of anilines is 2. The fraction of sp³-hybridized carbons (Fsp3) is 0.500. The molecular weight excluding hydrogens is 228 g/mol. The lowest BCUT2D eigenvalue weighted by Crippen LogP contribution is -2.30. The second kappa shape index (κ2) is 5.22. The van der Waals surface area contributed by atoms with Crippen LogP contribution in [0.25, 0.3) is 5.65 Å². The Balaban J connectivity index is 2.28. The first kappa shape index (κ1) is 12.6. The highest BCUT2D eigenvalue weighted by molar-refractivity contribution is 5.65.